The van der Waals surface area contributed by atoms with E-state index < -0.39 is 6.04 Å². The second kappa shape index (κ2) is 6.62. The standard InChI is InChI=1S/C18H20N2O2S/c1-12(14-9-4-7-13-6-2-3-8-15(13)14)19-18(22)20-11-5-10-16(20)17(21)23/h2-4,6-9,12,16H,5,10-11H2,1H3,(H,19,22)(H,21,23)/t12-,16-/m0/s1. The van der Waals surface area contributed by atoms with Crippen molar-refractivity contribution in [1.29, 1.82) is 0 Å². The van der Waals surface area contributed by atoms with Gasteiger partial charge in [0, 0.05) is 6.54 Å². The lowest BCUT2D eigenvalue weighted by molar-refractivity contribution is -0.114. The zero-order chi connectivity index (χ0) is 16.4. The fourth-order valence-corrected chi connectivity index (χ4v) is 3.51. The Morgan fingerprint density at radius 3 is 2.74 bits per heavy atom. The van der Waals surface area contributed by atoms with Crippen molar-refractivity contribution in [2.45, 2.75) is 31.8 Å². The Hall–Kier alpha value is -2.01. The van der Waals surface area contributed by atoms with E-state index in [1.165, 1.54) is 0 Å². The minimum Gasteiger partial charge on any atom is -0.331 e. The monoisotopic (exact) mass is 328 g/mol. The molecule has 2 aromatic carbocycles. The van der Waals surface area contributed by atoms with Gasteiger partial charge < -0.3 is 10.2 Å². The van der Waals surface area contributed by atoms with Gasteiger partial charge in [-0.25, -0.2) is 4.79 Å². The second-order valence-electron chi connectivity index (χ2n) is 5.93. The maximum absolute atomic E-state index is 12.5. The maximum atomic E-state index is 12.5. The molecule has 23 heavy (non-hydrogen) atoms. The van der Waals surface area contributed by atoms with Gasteiger partial charge >= 0.3 is 6.03 Å². The predicted octanol–water partition coefficient (Wildman–Crippen LogP) is 3.53. The minimum absolute atomic E-state index is 0.134. The van der Waals surface area contributed by atoms with Crippen LogP contribution >= 0.6 is 12.6 Å². The Labute approximate surface area is 141 Å². The third kappa shape index (κ3) is 3.20. The molecule has 1 aliphatic heterocycles. The van der Waals surface area contributed by atoms with Gasteiger partial charge in [-0.05, 0) is 36.1 Å². The van der Waals surface area contributed by atoms with Crippen LogP contribution in [0.2, 0.25) is 0 Å². The number of carbonyl (C=O) groups excluding carboxylic acids is 2. The summed E-state index contributed by atoms with van der Waals surface area (Å²) in [5.74, 6) is 0. The number of thiol groups is 1. The summed E-state index contributed by atoms with van der Waals surface area (Å²) in [5, 5.41) is 5.05. The SMILES string of the molecule is C[C@H](NC(=O)N1CCC[C@H]1C(=O)S)c1cccc2ccccc12. The van der Waals surface area contributed by atoms with Crippen LogP contribution in [0.3, 0.4) is 0 Å². The maximum Gasteiger partial charge on any atom is 0.318 e. The lowest BCUT2D eigenvalue weighted by atomic mass is 10.00. The molecular weight excluding hydrogens is 308 g/mol. The molecule has 0 spiro atoms. The Morgan fingerprint density at radius 2 is 1.96 bits per heavy atom. The lowest BCUT2D eigenvalue weighted by Crippen LogP contribution is -2.45. The van der Waals surface area contributed by atoms with Crippen LogP contribution in [0.15, 0.2) is 42.5 Å². The van der Waals surface area contributed by atoms with Crippen LogP contribution in [0.1, 0.15) is 31.4 Å². The molecule has 0 unspecified atom stereocenters. The molecule has 0 radical (unpaired) electrons. The molecule has 0 aromatic heterocycles. The Kier molecular flexibility index (Phi) is 4.57. The number of benzene rings is 2. The highest BCUT2D eigenvalue weighted by Gasteiger charge is 2.33. The third-order valence-electron chi connectivity index (χ3n) is 4.43. The van der Waals surface area contributed by atoms with Gasteiger partial charge in [-0.15, -0.1) is 12.6 Å². The average molecular weight is 328 g/mol. The van der Waals surface area contributed by atoms with E-state index in [0.29, 0.717) is 13.0 Å². The highest BCUT2D eigenvalue weighted by atomic mass is 32.1. The Balaban J connectivity index is 1.79. The molecule has 5 heteroatoms. The first-order valence-corrected chi connectivity index (χ1v) is 8.30. The summed E-state index contributed by atoms with van der Waals surface area (Å²) in [4.78, 5) is 25.6. The van der Waals surface area contributed by atoms with Crippen LogP contribution in [0, 0.1) is 0 Å². The molecular formula is C18H20N2O2S. The van der Waals surface area contributed by atoms with Crippen LogP contribution in [-0.4, -0.2) is 28.6 Å². The quantitative estimate of drug-likeness (QED) is 0.847. The molecule has 2 atom stereocenters. The molecule has 4 nitrogen and oxygen atoms in total. The van der Waals surface area contributed by atoms with Gasteiger partial charge in [0.1, 0.15) is 6.04 Å². The fourth-order valence-electron chi connectivity index (χ4n) is 3.24. The number of nitrogens with zero attached hydrogens (tertiary/aromatic N) is 1. The van der Waals surface area contributed by atoms with E-state index in [1.807, 2.05) is 31.2 Å². The molecule has 0 bridgehead atoms. The van der Waals surface area contributed by atoms with Gasteiger partial charge in [0.25, 0.3) is 0 Å². The molecule has 3 rings (SSSR count). The highest BCUT2D eigenvalue weighted by Crippen LogP contribution is 2.25. The van der Waals surface area contributed by atoms with Crippen molar-refractivity contribution < 1.29 is 9.59 Å². The molecule has 1 heterocycles. The molecule has 0 aliphatic carbocycles. The number of nitrogens with one attached hydrogen (secondary N) is 1. The van der Waals surface area contributed by atoms with Crippen molar-refractivity contribution in [2.75, 3.05) is 6.54 Å². The molecule has 1 saturated heterocycles. The summed E-state index contributed by atoms with van der Waals surface area (Å²) in [5.41, 5.74) is 1.07. The number of urea groups is 1. The molecule has 1 N–H and O–H groups in total. The molecule has 0 saturated carbocycles. The number of amides is 2. The molecule has 1 aliphatic rings. The lowest BCUT2D eigenvalue weighted by Gasteiger charge is -2.25. The van der Waals surface area contributed by atoms with Gasteiger partial charge in [0.15, 0.2) is 0 Å². The van der Waals surface area contributed by atoms with Crippen LogP contribution in [0.25, 0.3) is 10.8 Å². The van der Waals surface area contributed by atoms with E-state index >= 15 is 0 Å². The van der Waals surface area contributed by atoms with Gasteiger partial charge in [0.05, 0.1) is 6.04 Å². The number of hydrogen-bond donors (Lipinski definition) is 2. The number of hydrogen-bond acceptors (Lipinski definition) is 2. The van der Waals surface area contributed by atoms with Crippen molar-refractivity contribution in [3.05, 3.63) is 48.0 Å². The first-order valence-electron chi connectivity index (χ1n) is 7.85. The average Bonchev–Trinajstić information content (AvgIpc) is 3.04. The smallest absolute Gasteiger partial charge is 0.318 e. The number of rotatable bonds is 3. The Morgan fingerprint density at radius 1 is 1.22 bits per heavy atom. The summed E-state index contributed by atoms with van der Waals surface area (Å²) in [6.45, 7) is 2.57. The summed E-state index contributed by atoms with van der Waals surface area (Å²) < 4.78 is 0. The summed E-state index contributed by atoms with van der Waals surface area (Å²) >= 11 is 3.90. The van der Waals surface area contributed by atoms with Crippen LogP contribution in [0.5, 0.6) is 0 Å². The van der Waals surface area contributed by atoms with Crippen LogP contribution in [-0.2, 0) is 4.79 Å². The molecule has 1 fully saturated rings. The Bertz CT molecular complexity index is 741. The summed E-state index contributed by atoms with van der Waals surface area (Å²) in [6.07, 6.45) is 1.53. The van der Waals surface area contributed by atoms with Gasteiger partial charge in [-0.2, -0.15) is 0 Å². The van der Waals surface area contributed by atoms with E-state index in [-0.39, 0.29) is 17.2 Å². The molecule has 2 aromatic rings. The first kappa shape index (κ1) is 15.9. The van der Waals surface area contributed by atoms with Gasteiger partial charge in [-0.3, -0.25) is 4.79 Å². The van der Waals surface area contributed by atoms with Crippen LogP contribution < -0.4 is 5.32 Å². The van der Waals surface area contributed by atoms with Crippen molar-refractivity contribution in [3.63, 3.8) is 0 Å². The van der Waals surface area contributed by atoms with E-state index in [2.05, 4.69) is 36.1 Å². The highest BCUT2D eigenvalue weighted by molar-refractivity contribution is 7.96. The van der Waals surface area contributed by atoms with E-state index in [1.54, 1.807) is 4.90 Å². The van der Waals surface area contributed by atoms with Gasteiger partial charge in [0.2, 0.25) is 5.12 Å². The second-order valence-corrected chi connectivity index (χ2v) is 6.37. The van der Waals surface area contributed by atoms with Crippen molar-refractivity contribution in [3.8, 4) is 0 Å². The minimum atomic E-state index is -0.405. The van der Waals surface area contributed by atoms with E-state index in [0.717, 1.165) is 22.8 Å². The number of likely N-dealkylation sites (tertiary alicyclic amines) is 1. The normalized spacial score (nSPS) is 18.9. The van der Waals surface area contributed by atoms with Crippen molar-refractivity contribution >= 4 is 34.5 Å². The summed E-state index contributed by atoms with van der Waals surface area (Å²) in [6, 6.07) is 13.5. The zero-order valence-electron chi connectivity index (χ0n) is 13.0. The largest absolute Gasteiger partial charge is 0.331 e. The molecule has 120 valence electrons. The van der Waals surface area contributed by atoms with E-state index in [4.69, 9.17) is 0 Å². The predicted molar refractivity (Wildman–Crippen MR) is 94.6 cm³/mol. The third-order valence-corrected chi connectivity index (χ3v) is 4.73. The van der Waals surface area contributed by atoms with Crippen LogP contribution in [0.4, 0.5) is 4.79 Å². The zero-order valence-corrected chi connectivity index (χ0v) is 13.9. The van der Waals surface area contributed by atoms with Gasteiger partial charge in [-0.1, -0.05) is 42.5 Å². The fraction of sp³-hybridized carbons (Fsp3) is 0.333. The topological polar surface area (TPSA) is 49.4 Å². The molecule has 2 amide bonds. The van der Waals surface area contributed by atoms with E-state index in [9.17, 15) is 9.59 Å². The van der Waals surface area contributed by atoms with Crippen molar-refractivity contribution in [1.82, 2.24) is 10.2 Å². The number of fused-ring (bicyclic) bond motifs is 1. The summed E-state index contributed by atoms with van der Waals surface area (Å²) in [7, 11) is 0. The number of carbonyl (C=O) groups is 2. The first-order chi connectivity index (χ1) is 11.1. The van der Waals surface area contributed by atoms with Crippen molar-refractivity contribution in [2.24, 2.45) is 0 Å².